The molecule has 3 atom stereocenters. The van der Waals surface area contributed by atoms with E-state index in [9.17, 15) is 18.0 Å². The van der Waals surface area contributed by atoms with Crippen molar-refractivity contribution in [3.8, 4) is 12.3 Å². The molecule has 1 aromatic carbocycles. The van der Waals surface area contributed by atoms with E-state index in [1.165, 1.54) is 12.1 Å². The molecule has 30 heavy (non-hydrogen) atoms. The molecular weight excluding hydrogens is 403 g/mol. The van der Waals surface area contributed by atoms with Crippen molar-refractivity contribution in [2.45, 2.75) is 24.5 Å². The fourth-order valence-corrected chi connectivity index (χ4v) is 3.72. The summed E-state index contributed by atoms with van der Waals surface area (Å²) in [7, 11) is 0. The molecule has 2 N–H and O–H groups in total. The molecule has 0 bridgehead atoms. The standard InChI is InChI=1S/C20H16F3N3O4/c1-2-20(12-7-28-9-16(12)30-19(24)26-20)11-5-10(3-4-13(11)21)6-15(27)14-8-29-18(25-14)17(22)23/h1,3-5,8,12,16-17H,6-7,9H2,(H2,24,26)/t12-,16+,20+/m0/s1. The molecule has 0 unspecified atom stereocenters. The molecule has 156 valence electrons. The molecule has 1 saturated heterocycles. The number of aromatic nitrogens is 1. The van der Waals surface area contributed by atoms with Crippen LogP contribution in [0.2, 0.25) is 0 Å². The minimum Gasteiger partial charge on any atom is -0.459 e. The van der Waals surface area contributed by atoms with Crippen molar-refractivity contribution < 1.29 is 31.9 Å². The van der Waals surface area contributed by atoms with Crippen molar-refractivity contribution >= 4 is 11.8 Å². The predicted octanol–water partition coefficient (Wildman–Crippen LogP) is 2.37. The Morgan fingerprint density at radius 2 is 2.20 bits per heavy atom. The van der Waals surface area contributed by atoms with Crippen LogP contribution in [0.15, 0.2) is 33.9 Å². The summed E-state index contributed by atoms with van der Waals surface area (Å²) in [6.45, 7) is 0.437. The monoisotopic (exact) mass is 419 g/mol. The number of carbonyl (C=O) groups excluding carboxylic acids is 1. The highest BCUT2D eigenvalue weighted by atomic mass is 19.3. The summed E-state index contributed by atoms with van der Waals surface area (Å²) in [5, 5.41) is 0. The SMILES string of the molecule is C#C[C@]1(c2cc(CC(=O)c3coc(C(F)F)n3)ccc2F)N=C(N)O[C@@H]2COC[C@@H]21. The molecular formula is C20H16F3N3O4. The van der Waals surface area contributed by atoms with Gasteiger partial charge in [0.05, 0.1) is 19.1 Å². The van der Waals surface area contributed by atoms with Crippen molar-refractivity contribution in [3.63, 3.8) is 0 Å². The number of hydrogen-bond acceptors (Lipinski definition) is 7. The van der Waals surface area contributed by atoms with Crippen LogP contribution in [0, 0.1) is 24.1 Å². The number of oxazole rings is 1. The molecule has 0 amide bonds. The maximum atomic E-state index is 14.8. The second-order valence-corrected chi connectivity index (χ2v) is 6.95. The van der Waals surface area contributed by atoms with Gasteiger partial charge in [0, 0.05) is 12.0 Å². The second-order valence-electron chi connectivity index (χ2n) is 6.95. The average Bonchev–Trinajstić information content (AvgIpc) is 3.38. The Kier molecular flexibility index (Phi) is 4.99. The summed E-state index contributed by atoms with van der Waals surface area (Å²) in [5.41, 5.74) is 4.50. The van der Waals surface area contributed by atoms with Crippen LogP contribution in [0.25, 0.3) is 0 Å². The molecule has 1 fully saturated rings. The Morgan fingerprint density at radius 1 is 1.40 bits per heavy atom. The third-order valence-corrected chi connectivity index (χ3v) is 5.14. The van der Waals surface area contributed by atoms with Crippen LogP contribution in [0.4, 0.5) is 13.2 Å². The number of halogens is 3. The molecule has 2 aliphatic heterocycles. The molecule has 3 heterocycles. The Balaban J connectivity index is 1.68. The summed E-state index contributed by atoms with van der Waals surface area (Å²) in [5.74, 6) is 0.0208. The van der Waals surface area contributed by atoms with E-state index < -0.39 is 41.5 Å². The van der Waals surface area contributed by atoms with Crippen LogP contribution in [0.3, 0.4) is 0 Å². The zero-order chi connectivity index (χ0) is 21.5. The zero-order valence-corrected chi connectivity index (χ0v) is 15.5. The summed E-state index contributed by atoms with van der Waals surface area (Å²) >= 11 is 0. The summed E-state index contributed by atoms with van der Waals surface area (Å²) in [6, 6.07) is 3.79. The van der Waals surface area contributed by atoms with E-state index in [1.807, 2.05) is 0 Å². The predicted molar refractivity (Wildman–Crippen MR) is 97.2 cm³/mol. The van der Waals surface area contributed by atoms with E-state index in [4.69, 9.17) is 21.6 Å². The van der Waals surface area contributed by atoms with Crippen LogP contribution in [0.5, 0.6) is 0 Å². The summed E-state index contributed by atoms with van der Waals surface area (Å²) < 4.78 is 55.6. The smallest absolute Gasteiger partial charge is 0.313 e. The van der Waals surface area contributed by atoms with Crippen molar-refractivity contribution in [2.24, 2.45) is 16.6 Å². The highest BCUT2D eigenvalue weighted by Crippen LogP contribution is 2.43. The van der Waals surface area contributed by atoms with Gasteiger partial charge in [-0.2, -0.15) is 8.78 Å². The molecule has 2 aromatic rings. The number of rotatable bonds is 5. The number of alkyl halides is 2. The number of hydrogen-bond donors (Lipinski definition) is 1. The van der Waals surface area contributed by atoms with Crippen molar-refractivity contribution in [3.05, 3.63) is 53.0 Å². The van der Waals surface area contributed by atoms with Gasteiger partial charge < -0.3 is 19.6 Å². The second kappa shape index (κ2) is 7.50. The molecule has 2 aliphatic rings. The highest BCUT2D eigenvalue weighted by Gasteiger charge is 2.52. The number of Topliss-reactive ketones (excluding diaryl/α,β-unsaturated/α-hetero) is 1. The molecule has 0 saturated carbocycles. The lowest BCUT2D eigenvalue weighted by Crippen LogP contribution is -2.48. The third kappa shape index (κ3) is 3.31. The lowest BCUT2D eigenvalue weighted by atomic mass is 9.76. The van der Waals surface area contributed by atoms with Crippen LogP contribution in [-0.4, -0.2) is 36.1 Å². The maximum Gasteiger partial charge on any atom is 0.313 e. The number of ketones is 1. The van der Waals surface area contributed by atoms with Gasteiger partial charge in [0.2, 0.25) is 0 Å². The van der Waals surface area contributed by atoms with E-state index in [1.54, 1.807) is 0 Å². The number of ether oxygens (including phenoxy) is 2. The van der Waals surface area contributed by atoms with E-state index in [0.29, 0.717) is 5.56 Å². The molecule has 10 heteroatoms. The first-order chi connectivity index (χ1) is 14.3. The van der Waals surface area contributed by atoms with Gasteiger partial charge in [0.15, 0.2) is 11.3 Å². The van der Waals surface area contributed by atoms with Gasteiger partial charge in [-0.05, 0) is 17.7 Å². The quantitative estimate of drug-likeness (QED) is 0.590. The maximum absolute atomic E-state index is 14.8. The first-order valence-electron chi connectivity index (χ1n) is 8.97. The van der Waals surface area contributed by atoms with Crippen LogP contribution >= 0.6 is 0 Å². The van der Waals surface area contributed by atoms with Gasteiger partial charge in [-0.1, -0.05) is 12.0 Å². The van der Waals surface area contributed by atoms with Crippen molar-refractivity contribution in [1.82, 2.24) is 4.98 Å². The number of aliphatic imine (C=N–C) groups is 1. The fourth-order valence-electron chi connectivity index (χ4n) is 3.72. The lowest BCUT2D eigenvalue weighted by Gasteiger charge is -2.37. The summed E-state index contributed by atoms with van der Waals surface area (Å²) in [6.07, 6.45) is 3.00. The Morgan fingerprint density at radius 3 is 2.90 bits per heavy atom. The Hall–Kier alpha value is -3.32. The van der Waals surface area contributed by atoms with Crippen LogP contribution < -0.4 is 5.73 Å². The number of nitrogens with zero attached hydrogens (tertiary/aromatic N) is 2. The zero-order valence-electron chi connectivity index (χ0n) is 15.5. The van der Waals surface area contributed by atoms with Gasteiger partial charge in [-0.25, -0.2) is 14.4 Å². The Bertz CT molecular complexity index is 1060. The van der Waals surface area contributed by atoms with Crippen molar-refractivity contribution in [1.29, 1.82) is 0 Å². The van der Waals surface area contributed by atoms with Gasteiger partial charge >= 0.3 is 6.43 Å². The van der Waals surface area contributed by atoms with E-state index in [-0.39, 0.29) is 36.9 Å². The largest absolute Gasteiger partial charge is 0.459 e. The highest BCUT2D eigenvalue weighted by molar-refractivity contribution is 5.95. The molecule has 0 aliphatic carbocycles. The minimum absolute atomic E-state index is 0.0514. The van der Waals surface area contributed by atoms with Gasteiger partial charge in [0.1, 0.15) is 23.9 Å². The van der Waals surface area contributed by atoms with Gasteiger partial charge in [0.25, 0.3) is 11.9 Å². The van der Waals surface area contributed by atoms with E-state index in [2.05, 4.69) is 20.3 Å². The van der Waals surface area contributed by atoms with Gasteiger partial charge in [-0.15, -0.1) is 6.42 Å². The normalized spacial score (nSPS) is 25.4. The summed E-state index contributed by atoms with van der Waals surface area (Å²) in [4.78, 5) is 20.1. The number of fused-ring (bicyclic) bond motifs is 1. The topological polar surface area (TPSA) is 99.9 Å². The number of nitrogens with two attached hydrogens (primary N) is 1. The first kappa shape index (κ1) is 20.0. The molecule has 4 rings (SSSR count). The van der Waals surface area contributed by atoms with Crippen LogP contribution in [-0.2, 0) is 21.4 Å². The van der Waals surface area contributed by atoms with Crippen LogP contribution in [0.1, 0.15) is 33.9 Å². The molecule has 0 radical (unpaired) electrons. The minimum atomic E-state index is -2.93. The number of carbonyl (C=O) groups is 1. The van der Waals surface area contributed by atoms with E-state index in [0.717, 1.165) is 12.3 Å². The molecule has 7 nitrogen and oxygen atoms in total. The van der Waals surface area contributed by atoms with E-state index >= 15 is 0 Å². The molecule has 0 spiro atoms. The number of benzene rings is 1. The number of amidine groups is 1. The average molecular weight is 419 g/mol. The van der Waals surface area contributed by atoms with Gasteiger partial charge in [-0.3, -0.25) is 4.79 Å². The lowest BCUT2D eigenvalue weighted by molar-refractivity contribution is 0.0938. The fraction of sp³-hybridized carbons (Fsp3) is 0.350. The third-order valence-electron chi connectivity index (χ3n) is 5.14. The number of terminal acetylenes is 1. The first-order valence-corrected chi connectivity index (χ1v) is 8.97. The van der Waals surface area contributed by atoms with Crippen molar-refractivity contribution in [2.75, 3.05) is 13.2 Å². The Labute approximate surface area is 169 Å². The molecule has 1 aromatic heterocycles.